The number of nitriles is 1. The van der Waals surface area contributed by atoms with Gasteiger partial charge < -0.3 is 10.6 Å². The predicted octanol–water partition coefficient (Wildman–Crippen LogP) is 2.40. The van der Waals surface area contributed by atoms with E-state index in [-0.39, 0.29) is 0 Å². The van der Waals surface area contributed by atoms with Crippen molar-refractivity contribution in [3.63, 3.8) is 0 Å². The zero-order valence-electron chi connectivity index (χ0n) is 12.3. The quantitative estimate of drug-likeness (QED) is 0.928. The number of rotatable bonds is 3. The number of aryl methyl sites for hydroxylation is 2. The molecule has 0 aliphatic heterocycles. The van der Waals surface area contributed by atoms with Crippen LogP contribution in [-0.4, -0.2) is 23.4 Å². The Labute approximate surface area is 119 Å². The van der Waals surface area contributed by atoms with Gasteiger partial charge in [0, 0.05) is 13.6 Å². The van der Waals surface area contributed by atoms with Gasteiger partial charge in [0.25, 0.3) is 0 Å². The number of hydrogen-bond acceptors (Lipinski definition) is 4. The molecule has 0 spiro atoms. The number of benzene rings is 1. The molecule has 2 N–H and O–H groups in total. The number of hydrogen-bond donors (Lipinski definition) is 1. The van der Waals surface area contributed by atoms with E-state index < -0.39 is 0 Å². The molecular weight excluding hydrogens is 250 g/mol. The maximum atomic E-state index is 9.31. The Hall–Kier alpha value is -2.48. The van der Waals surface area contributed by atoms with Gasteiger partial charge in [0.15, 0.2) is 5.82 Å². The summed E-state index contributed by atoms with van der Waals surface area (Å²) in [6.07, 6.45) is 0. The first kappa shape index (κ1) is 13.9. The van der Waals surface area contributed by atoms with E-state index in [2.05, 4.69) is 17.2 Å². The molecule has 0 radical (unpaired) electrons. The molecule has 0 amide bonds. The molecule has 0 saturated carbocycles. The van der Waals surface area contributed by atoms with Crippen LogP contribution < -0.4 is 10.6 Å². The van der Waals surface area contributed by atoms with Gasteiger partial charge in [-0.2, -0.15) is 5.26 Å². The Morgan fingerprint density at radius 3 is 2.65 bits per heavy atom. The molecule has 1 heterocycles. The number of nitrogens with zero attached hydrogens (tertiary/aromatic N) is 4. The molecule has 0 bridgehead atoms. The first-order chi connectivity index (χ1) is 9.49. The van der Waals surface area contributed by atoms with E-state index in [1.165, 1.54) is 5.56 Å². The highest BCUT2D eigenvalue weighted by Gasteiger charge is 2.19. The SMILES string of the molecule is CCN(C)c1nn(-c2ccc(C)cc2C)c(N)c1C#N. The summed E-state index contributed by atoms with van der Waals surface area (Å²) < 4.78 is 1.65. The molecule has 5 heteroatoms. The third kappa shape index (κ3) is 2.21. The topological polar surface area (TPSA) is 70.9 Å². The zero-order valence-corrected chi connectivity index (χ0v) is 12.3. The minimum absolute atomic E-state index is 0.384. The highest BCUT2D eigenvalue weighted by atomic mass is 15.4. The van der Waals surface area contributed by atoms with E-state index in [0.29, 0.717) is 17.2 Å². The molecule has 2 aromatic rings. The van der Waals surface area contributed by atoms with Crippen molar-refractivity contribution < 1.29 is 0 Å². The lowest BCUT2D eigenvalue weighted by atomic mass is 10.1. The fourth-order valence-electron chi connectivity index (χ4n) is 2.17. The van der Waals surface area contributed by atoms with Crippen LogP contribution in [0.1, 0.15) is 23.6 Å². The molecule has 5 nitrogen and oxygen atoms in total. The van der Waals surface area contributed by atoms with Crippen LogP contribution in [0.5, 0.6) is 0 Å². The molecule has 20 heavy (non-hydrogen) atoms. The Morgan fingerprint density at radius 2 is 2.10 bits per heavy atom. The lowest BCUT2D eigenvalue weighted by Gasteiger charge is -2.13. The summed E-state index contributed by atoms with van der Waals surface area (Å²) in [7, 11) is 1.90. The summed E-state index contributed by atoms with van der Waals surface area (Å²) in [6.45, 7) is 6.82. The molecule has 0 saturated heterocycles. The Balaban J connectivity index is 2.64. The summed E-state index contributed by atoms with van der Waals surface area (Å²) in [4.78, 5) is 1.91. The standard InChI is InChI=1S/C15H19N5/c1-5-19(4)15-12(9-16)14(17)20(18-15)13-7-6-10(2)8-11(13)3/h6-8H,5,17H2,1-4H3. The van der Waals surface area contributed by atoms with Crippen LogP contribution in [-0.2, 0) is 0 Å². The number of nitrogens with two attached hydrogens (primary N) is 1. The maximum Gasteiger partial charge on any atom is 0.171 e. The van der Waals surface area contributed by atoms with Crippen molar-refractivity contribution in [1.82, 2.24) is 9.78 Å². The average Bonchev–Trinajstić information content (AvgIpc) is 2.75. The van der Waals surface area contributed by atoms with Gasteiger partial charge in [0.1, 0.15) is 17.5 Å². The Morgan fingerprint density at radius 1 is 1.40 bits per heavy atom. The van der Waals surface area contributed by atoms with E-state index in [0.717, 1.165) is 17.8 Å². The van der Waals surface area contributed by atoms with Crippen molar-refractivity contribution in [2.75, 3.05) is 24.2 Å². The Bertz CT molecular complexity index is 678. The van der Waals surface area contributed by atoms with Crippen LogP contribution in [0.25, 0.3) is 5.69 Å². The molecule has 0 atom stereocenters. The van der Waals surface area contributed by atoms with Crippen molar-refractivity contribution in [3.05, 3.63) is 34.9 Å². The van der Waals surface area contributed by atoms with Gasteiger partial charge in [-0.05, 0) is 32.4 Å². The fraction of sp³-hybridized carbons (Fsp3) is 0.333. The van der Waals surface area contributed by atoms with Gasteiger partial charge >= 0.3 is 0 Å². The second-order valence-corrected chi connectivity index (χ2v) is 4.91. The molecule has 104 valence electrons. The second kappa shape index (κ2) is 5.25. The van der Waals surface area contributed by atoms with Crippen LogP contribution in [0.2, 0.25) is 0 Å². The summed E-state index contributed by atoms with van der Waals surface area (Å²) in [5.74, 6) is 1.00. The zero-order chi connectivity index (χ0) is 14.9. The fourth-order valence-corrected chi connectivity index (χ4v) is 2.17. The van der Waals surface area contributed by atoms with Crippen LogP contribution in [0.3, 0.4) is 0 Å². The Kier molecular flexibility index (Phi) is 3.66. The number of aromatic nitrogens is 2. The predicted molar refractivity (Wildman–Crippen MR) is 81.1 cm³/mol. The average molecular weight is 269 g/mol. The third-order valence-electron chi connectivity index (χ3n) is 3.43. The van der Waals surface area contributed by atoms with Crippen LogP contribution in [0.4, 0.5) is 11.6 Å². The molecular formula is C15H19N5. The van der Waals surface area contributed by atoms with E-state index in [9.17, 15) is 5.26 Å². The summed E-state index contributed by atoms with van der Waals surface area (Å²) in [5, 5.41) is 13.8. The first-order valence-corrected chi connectivity index (χ1v) is 6.57. The summed E-state index contributed by atoms with van der Waals surface area (Å²) in [6, 6.07) is 8.21. The van der Waals surface area contributed by atoms with Crippen molar-refractivity contribution >= 4 is 11.6 Å². The molecule has 0 unspecified atom stereocenters. The summed E-state index contributed by atoms with van der Waals surface area (Å²) in [5.41, 5.74) is 9.69. The smallest absolute Gasteiger partial charge is 0.171 e. The van der Waals surface area contributed by atoms with Gasteiger partial charge in [-0.1, -0.05) is 17.7 Å². The van der Waals surface area contributed by atoms with Crippen LogP contribution in [0.15, 0.2) is 18.2 Å². The van der Waals surface area contributed by atoms with Gasteiger partial charge in [-0.25, -0.2) is 4.68 Å². The molecule has 1 aromatic carbocycles. The van der Waals surface area contributed by atoms with Crippen molar-refractivity contribution in [2.24, 2.45) is 0 Å². The molecule has 1 aromatic heterocycles. The van der Waals surface area contributed by atoms with E-state index in [1.54, 1.807) is 4.68 Å². The lowest BCUT2D eigenvalue weighted by molar-refractivity contribution is 0.847. The molecule has 0 fully saturated rings. The van der Waals surface area contributed by atoms with Crippen molar-refractivity contribution in [1.29, 1.82) is 5.26 Å². The molecule has 0 aliphatic carbocycles. The highest BCUT2D eigenvalue weighted by Crippen LogP contribution is 2.27. The molecule has 2 rings (SSSR count). The second-order valence-electron chi connectivity index (χ2n) is 4.91. The van der Waals surface area contributed by atoms with Crippen LogP contribution in [0, 0.1) is 25.2 Å². The minimum Gasteiger partial charge on any atom is -0.382 e. The normalized spacial score (nSPS) is 10.3. The van der Waals surface area contributed by atoms with Gasteiger partial charge in [-0.3, -0.25) is 0 Å². The van der Waals surface area contributed by atoms with E-state index >= 15 is 0 Å². The van der Waals surface area contributed by atoms with Crippen molar-refractivity contribution in [2.45, 2.75) is 20.8 Å². The minimum atomic E-state index is 0.384. The monoisotopic (exact) mass is 269 g/mol. The van der Waals surface area contributed by atoms with Crippen molar-refractivity contribution in [3.8, 4) is 11.8 Å². The highest BCUT2D eigenvalue weighted by molar-refractivity contribution is 5.67. The van der Waals surface area contributed by atoms with Gasteiger partial charge in [-0.15, -0.1) is 5.10 Å². The number of nitrogen functional groups attached to an aromatic ring is 1. The number of anilines is 2. The van der Waals surface area contributed by atoms with E-state index in [4.69, 9.17) is 5.73 Å². The first-order valence-electron chi connectivity index (χ1n) is 6.57. The largest absolute Gasteiger partial charge is 0.382 e. The van der Waals surface area contributed by atoms with Gasteiger partial charge in [0.2, 0.25) is 0 Å². The van der Waals surface area contributed by atoms with Crippen LogP contribution >= 0.6 is 0 Å². The third-order valence-corrected chi connectivity index (χ3v) is 3.43. The molecule has 0 aliphatic rings. The van der Waals surface area contributed by atoms with E-state index in [1.807, 2.05) is 44.9 Å². The summed E-state index contributed by atoms with van der Waals surface area (Å²) >= 11 is 0. The lowest BCUT2D eigenvalue weighted by Crippen LogP contribution is -2.17. The maximum absolute atomic E-state index is 9.31. The van der Waals surface area contributed by atoms with Gasteiger partial charge in [0.05, 0.1) is 5.69 Å².